The molecule has 0 aliphatic rings. The molecule has 0 saturated carbocycles. The van der Waals surface area contributed by atoms with Crippen LogP contribution in [0.4, 0.5) is 45.2 Å². The molecule has 0 radical (unpaired) electrons. The van der Waals surface area contributed by atoms with Gasteiger partial charge >= 0.3 is 18.5 Å². The minimum Gasteiger partial charge on any atom is -0.369 e. The van der Waals surface area contributed by atoms with Crippen LogP contribution in [0, 0.1) is 0 Å². The van der Waals surface area contributed by atoms with Crippen molar-refractivity contribution in [3.63, 3.8) is 0 Å². The smallest absolute Gasteiger partial charge is 0.369 e. The van der Waals surface area contributed by atoms with E-state index in [-0.39, 0.29) is 21.3 Å². The summed E-state index contributed by atoms with van der Waals surface area (Å²) in [5, 5.41) is 9.36. The summed E-state index contributed by atoms with van der Waals surface area (Å²) in [6.07, 6.45) is -17.2. The Morgan fingerprint density at radius 1 is 0.767 bits per heavy atom. The van der Waals surface area contributed by atoms with Crippen molar-refractivity contribution < 1.29 is 48.8 Å². The lowest BCUT2D eigenvalue weighted by Gasteiger charge is -2.33. The fourth-order valence-electron chi connectivity index (χ4n) is 2.43. The Morgan fingerprint density at radius 2 is 1.23 bits per heavy atom. The van der Waals surface area contributed by atoms with Gasteiger partial charge < -0.3 is 5.11 Å². The maximum Gasteiger partial charge on any atom is 0.430 e. The van der Waals surface area contributed by atoms with Gasteiger partial charge in [0.25, 0.3) is 5.60 Å². The molecule has 0 aromatic heterocycles. The summed E-state index contributed by atoms with van der Waals surface area (Å²) in [5.41, 5.74) is -7.44. The number of hydrogen-bond acceptors (Lipinski definition) is 2. The van der Waals surface area contributed by atoms with E-state index in [9.17, 15) is 48.8 Å². The Morgan fingerprint density at radius 3 is 1.63 bits per heavy atom. The van der Waals surface area contributed by atoms with Crippen LogP contribution in [0.15, 0.2) is 59.5 Å². The maximum absolute atomic E-state index is 12.9. The third kappa shape index (κ3) is 4.89. The van der Waals surface area contributed by atoms with Crippen LogP contribution in [0.1, 0.15) is 5.56 Å². The summed E-state index contributed by atoms with van der Waals surface area (Å²) < 4.78 is 129. The Bertz CT molecular complexity index is 863. The monoisotopic (exact) mass is 465 g/mol. The largest absolute Gasteiger partial charge is 0.430 e. The first-order chi connectivity index (χ1) is 13.6. The number of aliphatic hydroxyl groups is 1. The summed E-state index contributed by atoms with van der Waals surface area (Å²) in [7, 11) is -2.47. The molecule has 0 aliphatic carbocycles. The van der Waals surface area contributed by atoms with Crippen LogP contribution in [0.3, 0.4) is 0 Å². The molecule has 13 heteroatoms. The van der Waals surface area contributed by atoms with Crippen LogP contribution >= 0.6 is 0 Å². The minimum absolute atomic E-state index is 0.0760. The highest BCUT2D eigenvalue weighted by Crippen LogP contribution is 2.50. The lowest BCUT2D eigenvalue weighted by atomic mass is 9.92. The second kappa shape index (κ2) is 8.10. The third-order valence-electron chi connectivity index (χ3n) is 3.86. The normalized spacial score (nSPS) is 14.5. The Kier molecular flexibility index (Phi) is 6.48. The van der Waals surface area contributed by atoms with Gasteiger partial charge in [-0.15, -0.1) is 0 Å². The van der Waals surface area contributed by atoms with Gasteiger partial charge in [0.05, 0.1) is 4.90 Å². The maximum atomic E-state index is 12.9. The fourth-order valence-corrected chi connectivity index (χ4v) is 3.65. The van der Waals surface area contributed by atoms with E-state index < -0.39 is 52.9 Å². The molecule has 0 fully saturated rings. The topological polar surface area (TPSA) is 40.5 Å². The van der Waals surface area contributed by atoms with Gasteiger partial charge in [-0.1, -0.05) is 30.3 Å². The highest BCUT2D eigenvalue weighted by atomic mass is 32.2. The van der Waals surface area contributed by atoms with Gasteiger partial charge in [0.1, 0.15) is 6.54 Å². The standard InChI is InChI=1S/C17H12F9NO2S/c18-14(19,20)10-27(30(29)13-4-2-1-3-5-13)12-8-6-11(7-9-12)15(28,16(21,22)23)17(24,25)26/h1-9,28H,10H2. The number of halogens is 9. The van der Waals surface area contributed by atoms with E-state index >= 15 is 0 Å². The van der Waals surface area contributed by atoms with Gasteiger partial charge in [-0.25, -0.2) is 4.21 Å². The SMILES string of the molecule is O=S(c1ccccc1)N(CC(F)(F)F)c1ccc(C(O)(C(F)(F)F)C(F)(F)F)cc1. The Hall–Kier alpha value is -2.28. The first-order valence-corrected chi connectivity index (χ1v) is 8.96. The van der Waals surface area contributed by atoms with Gasteiger partial charge in [-0.05, 0) is 24.3 Å². The molecule has 1 N–H and O–H groups in total. The van der Waals surface area contributed by atoms with Crippen molar-refractivity contribution in [1.29, 1.82) is 0 Å². The van der Waals surface area contributed by atoms with Crippen LogP contribution in [0.25, 0.3) is 0 Å². The molecule has 2 aromatic carbocycles. The quantitative estimate of drug-likeness (QED) is 0.625. The van der Waals surface area contributed by atoms with Crippen LogP contribution in [0.5, 0.6) is 0 Å². The molecule has 3 nitrogen and oxygen atoms in total. The second-order valence-corrected chi connectivity index (χ2v) is 7.38. The van der Waals surface area contributed by atoms with Crippen LogP contribution in [-0.2, 0) is 16.6 Å². The lowest BCUT2D eigenvalue weighted by Crippen LogP contribution is -2.53. The summed E-state index contributed by atoms with van der Waals surface area (Å²) in [6.45, 7) is -1.79. The molecular weight excluding hydrogens is 453 g/mol. The van der Waals surface area contributed by atoms with E-state index in [4.69, 9.17) is 0 Å². The van der Waals surface area contributed by atoms with E-state index in [1.807, 2.05) is 0 Å². The zero-order valence-electron chi connectivity index (χ0n) is 14.5. The van der Waals surface area contributed by atoms with Crippen molar-refractivity contribution in [3.05, 3.63) is 60.2 Å². The predicted octanol–water partition coefficient (Wildman–Crippen LogP) is 5.09. The number of nitrogens with zero attached hydrogens (tertiary/aromatic N) is 1. The molecule has 2 rings (SSSR count). The van der Waals surface area contributed by atoms with E-state index in [1.165, 1.54) is 30.3 Å². The fraction of sp³-hybridized carbons (Fsp3) is 0.294. The van der Waals surface area contributed by atoms with Gasteiger partial charge in [0, 0.05) is 11.3 Å². The van der Waals surface area contributed by atoms with Crippen molar-refractivity contribution in [2.24, 2.45) is 0 Å². The molecule has 2 aromatic rings. The van der Waals surface area contributed by atoms with Crippen LogP contribution in [-0.4, -0.2) is 34.4 Å². The van der Waals surface area contributed by atoms with Gasteiger partial charge in [-0.2, -0.15) is 39.5 Å². The van der Waals surface area contributed by atoms with Crippen molar-refractivity contribution in [2.75, 3.05) is 10.8 Å². The van der Waals surface area contributed by atoms with E-state index in [1.54, 1.807) is 0 Å². The van der Waals surface area contributed by atoms with Gasteiger partial charge in [0.2, 0.25) is 0 Å². The zero-order chi connectivity index (χ0) is 23.0. The predicted molar refractivity (Wildman–Crippen MR) is 88.7 cm³/mol. The Labute approximate surface area is 166 Å². The first kappa shape index (κ1) is 24.0. The number of rotatable bonds is 5. The summed E-state index contributed by atoms with van der Waals surface area (Å²) in [5.74, 6) is 0. The zero-order valence-corrected chi connectivity index (χ0v) is 15.3. The summed E-state index contributed by atoms with van der Waals surface area (Å²) in [4.78, 5) is -0.0760. The molecule has 30 heavy (non-hydrogen) atoms. The number of benzene rings is 2. The molecule has 0 amide bonds. The van der Waals surface area contributed by atoms with E-state index in [0.29, 0.717) is 12.1 Å². The van der Waals surface area contributed by atoms with E-state index in [2.05, 4.69) is 0 Å². The second-order valence-electron chi connectivity index (χ2n) is 5.97. The highest BCUT2D eigenvalue weighted by Gasteiger charge is 2.71. The molecular formula is C17H12F9NO2S. The first-order valence-electron chi connectivity index (χ1n) is 7.85. The summed E-state index contributed by atoms with van der Waals surface area (Å²) >= 11 is 0. The average Bonchev–Trinajstić information content (AvgIpc) is 2.63. The van der Waals surface area contributed by atoms with Gasteiger partial charge in [0.15, 0.2) is 11.0 Å². The molecule has 1 unspecified atom stereocenters. The molecule has 0 bridgehead atoms. The number of anilines is 1. The van der Waals surface area contributed by atoms with Crippen LogP contribution < -0.4 is 4.31 Å². The molecule has 166 valence electrons. The average molecular weight is 465 g/mol. The van der Waals surface area contributed by atoms with E-state index in [0.717, 1.165) is 0 Å². The molecule has 0 saturated heterocycles. The number of hydrogen-bond donors (Lipinski definition) is 1. The molecule has 0 aliphatic heterocycles. The number of alkyl halides is 9. The van der Waals surface area contributed by atoms with Crippen molar-refractivity contribution >= 4 is 16.7 Å². The van der Waals surface area contributed by atoms with Crippen molar-refractivity contribution in [2.45, 2.75) is 29.0 Å². The van der Waals surface area contributed by atoms with Crippen LogP contribution in [0.2, 0.25) is 0 Å². The van der Waals surface area contributed by atoms with Crippen molar-refractivity contribution in [1.82, 2.24) is 0 Å². The Balaban J connectivity index is 2.51. The molecule has 0 heterocycles. The lowest BCUT2D eigenvalue weighted by molar-refractivity contribution is -0.376. The molecule has 1 atom stereocenters. The summed E-state index contributed by atoms with van der Waals surface area (Å²) in [6, 6.07) is 8.08. The third-order valence-corrected chi connectivity index (χ3v) is 5.28. The molecule has 0 spiro atoms. The van der Waals surface area contributed by atoms with Gasteiger partial charge in [-0.3, -0.25) is 4.31 Å². The van der Waals surface area contributed by atoms with Crippen molar-refractivity contribution in [3.8, 4) is 0 Å². The highest BCUT2D eigenvalue weighted by molar-refractivity contribution is 7.86. The minimum atomic E-state index is -6.15.